The molecule has 3 rings (SSSR count). The Hall–Kier alpha value is -2.54. The van der Waals surface area contributed by atoms with E-state index >= 15 is 0 Å². The molecule has 4 nitrogen and oxygen atoms in total. The van der Waals surface area contributed by atoms with Gasteiger partial charge in [0.25, 0.3) is 0 Å². The fraction of sp³-hybridized carbons (Fsp3) is 0.200. The van der Waals surface area contributed by atoms with Gasteiger partial charge < -0.3 is 9.64 Å². The van der Waals surface area contributed by atoms with E-state index in [2.05, 4.69) is 22.0 Å². The lowest BCUT2D eigenvalue weighted by Crippen LogP contribution is -2.26. The van der Waals surface area contributed by atoms with Gasteiger partial charge in [-0.2, -0.15) is 5.26 Å². The number of aromatic nitrogens is 1. The molecular formula is C15H13N3O. The summed E-state index contributed by atoms with van der Waals surface area (Å²) in [5.74, 6) is 1.75. The molecule has 1 aromatic carbocycles. The summed E-state index contributed by atoms with van der Waals surface area (Å²) in [7, 11) is 0. The van der Waals surface area contributed by atoms with Crippen molar-refractivity contribution >= 4 is 5.82 Å². The molecule has 0 aliphatic carbocycles. The van der Waals surface area contributed by atoms with E-state index in [0.29, 0.717) is 12.2 Å². The van der Waals surface area contributed by atoms with Crippen molar-refractivity contribution in [1.82, 2.24) is 4.98 Å². The molecule has 0 spiro atoms. The summed E-state index contributed by atoms with van der Waals surface area (Å²) in [6, 6.07) is 13.7. The van der Waals surface area contributed by atoms with Gasteiger partial charge in [0.15, 0.2) is 0 Å². The number of rotatable bonds is 1. The van der Waals surface area contributed by atoms with Crippen molar-refractivity contribution in [3.63, 3.8) is 0 Å². The number of benzene rings is 1. The average Bonchev–Trinajstić information content (AvgIpc) is 2.69. The largest absolute Gasteiger partial charge is 0.491 e. The fourth-order valence-electron chi connectivity index (χ4n) is 2.18. The van der Waals surface area contributed by atoms with Gasteiger partial charge in [-0.15, -0.1) is 0 Å². The molecule has 0 fully saturated rings. The maximum atomic E-state index is 8.95. The first-order valence-electron chi connectivity index (χ1n) is 6.18. The van der Waals surface area contributed by atoms with Crippen molar-refractivity contribution in [1.29, 1.82) is 5.26 Å². The number of fused-ring (bicyclic) bond motifs is 1. The number of nitriles is 1. The molecule has 0 saturated heterocycles. The molecule has 1 aliphatic rings. The summed E-state index contributed by atoms with van der Waals surface area (Å²) in [6.07, 6.45) is 1.67. The molecule has 0 atom stereocenters. The van der Waals surface area contributed by atoms with E-state index < -0.39 is 0 Å². The number of anilines is 1. The molecule has 0 radical (unpaired) electrons. The summed E-state index contributed by atoms with van der Waals surface area (Å²) in [4.78, 5) is 6.48. The van der Waals surface area contributed by atoms with E-state index in [0.717, 1.165) is 30.2 Å². The van der Waals surface area contributed by atoms with Crippen LogP contribution < -0.4 is 9.64 Å². The number of hydrogen-bond donors (Lipinski definition) is 0. The Kier molecular flexibility index (Phi) is 3.03. The van der Waals surface area contributed by atoms with E-state index in [4.69, 9.17) is 10.00 Å². The highest BCUT2D eigenvalue weighted by Gasteiger charge is 2.16. The maximum absolute atomic E-state index is 8.95. The van der Waals surface area contributed by atoms with Crippen LogP contribution in [0, 0.1) is 11.3 Å². The molecule has 0 N–H and O–H groups in total. The predicted octanol–water partition coefficient (Wildman–Crippen LogP) is 2.35. The normalized spacial score (nSPS) is 13.9. The highest BCUT2D eigenvalue weighted by molar-refractivity contribution is 5.47. The second-order valence-electron chi connectivity index (χ2n) is 4.39. The topological polar surface area (TPSA) is 49.2 Å². The summed E-state index contributed by atoms with van der Waals surface area (Å²) in [5, 5.41) is 8.95. The van der Waals surface area contributed by atoms with Gasteiger partial charge in [0.2, 0.25) is 0 Å². The smallest absolute Gasteiger partial charge is 0.130 e. The summed E-state index contributed by atoms with van der Waals surface area (Å²) in [5.41, 5.74) is 1.77. The Bertz CT molecular complexity index is 633. The third kappa shape index (κ3) is 2.36. The zero-order valence-electron chi connectivity index (χ0n) is 10.4. The van der Waals surface area contributed by atoms with Gasteiger partial charge in [-0.1, -0.05) is 18.2 Å². The van der Waals surface area contributed by atoms with Crippen molar-refractivity contribution in [2.24, 2.45) is 0 Å². The lowest BCUT2D eigenvalue weighted by Gasteiger charge is -2.20. The zero-order chi connectivity index (χ0) is 13.1. The second-order valence-corrected chi connectivity index (χ2v) is 4.39. The van der Waals surface area contributed by atoms with E-state index in [1.165, 1.54) is 0 Å². The van der Waals surface area contributed by atoms with Gasteiger partial charge in [-0.3, -0.25) is 0 Å². The van der Waals surface area contributed by atoms with Gasteiger partial charge in [0.1, 0.15) is 18.2 Å². The van der Waals surface area contributed by atoms with E-state index in [1.807, 2.05) is 24.3 Å². The molecule has 2 aromatic rings. The molecule has 4 heteroatoms. The average molecular weight is 251 g/mol. The molecule has 1 aromatic heterocycles. The van der Waals surface area contributed by atoms with Crippen molar-refractivity contribution in [3.8, 4) is 11.8 Å². The summed E-state index contributed by atoms with van der Waals surface area (Å²) in [6.45, 7) is 2.13. The predicted molar refractivity (Wildman–Crippen MR) is 71.9 cm³/mol. The number of nitrogens with zero attached hydrogens (tertiary/aromatic N) is 3. The quantitative estimate of drug-likeness (QED) is 0.780. The monoisotopic (exact) mass is 251 g/mol. The first kappa shape index (κ1) is 11.5. The Morgan fingerprint density at radius 1 is 1.26 bits per heavy atom. The minimum absolute atomic E-state index is 0.621. The van der Waals surface area contributed by atoms with Crippen LogP contribution in [0.15, 0.2) is 42.6 Å². The molecule has 19 heavy (non-hydrogen) atoms. The third-order valence-corrected chi connectivity index (χ3v) is 3.15. The summed E-state index contributed by atoms with van der Waals surface area (Å²) < 4.78 is 5.72. The van der Waals surface area contributed by atoms with Crippen molar-refractivity contribution in [2.75, 3.05) is 18.1 Å². The molecule has 1 aliphatic heterocycles. The van der Waals surface area contributed by atoms with Crippen molar-refractivity contribution < 1.29 is 4.74 Å². The number of pyridine rings is 1. The highest BCUT2D eigenvalue weighted by Crippen LogP contribution is 2.25. The molecule has 0 bridgehead atoms. The van der Waals surface area contributed by atoms with Crippen molar-refractivity contribution in [2.45, 2.75) is 6.54 Å². The van der Waals surface area contributed by atoms with E-state index in [-0.39, 0.29) is 0 Å². The zero-order valence-corrected chi connectivity index (χ0v) is 10.4. The molecule has 2 heterocycles. The van der Waals surface area contributed by atoms with Crippen LogP contribution >= 0.6 is 0 Å². The van der Waals surface area contributed by atoms with Crippen LogP contribution in [0.2, 0.25) is 0 Å². The molecule has 0 saturated carbocycles. The minimum atomic E-state index is 0.621. The van der Waals surface area contributed by atoms with Crippen molar-refractivity contribution in [3.05, 3.63) is 53.7 Å². The third-order valence-electron chi connectivity index (χ3n) is 3.15. The van der Waals surface area contributed by atoms with Gasteiger partial charge in [0, 0.05) is 18.3 Å². The first-order chi connectivity index (χ1) is 9.36. The lowest BCUT2D eigenvalue weighted by atomic mass is 10.2. The molecule has 94 valence electrons. The summed E-state index contributed by atoms with van der Waals surface area (Å²) >= 11 is 0. The molecule has 0 amide bonds. The number of ether oxygens (including phenoxy) is 1. The Morgan fingerprint density at radius 3 is 3.05 bits per heavy atom. The lowest BCUT2D eigenvalue weighted by molar-refractivity contribution is 0.331. The number of hydrogen-bond acceptors (Lipinski definition) is 4. The Labute approximate surface area is 111 Å². The van der Waals surface area contributed by atoms with E-state index in [9.17, 15) is 0 Å². The van der Waals surface area contributed by atoms with Gasteiger partial charge >= 0.3 is 0 Å². The fourth-order valence-corrected chi connectivity index (χ4v) is 2.18. The Morgan fingerprint density at radius 2 is 2.16 bits per heavy atom. The van der Waals surface area contributed by atoms with Gasteiger partial charge in [0.05, 0.1) is 18.2 Å². The highest BCUT2D eigenvalue weighted by atomic mass is 16.5. The van der Waals surface area contributed by atoms with Crippen LogP contribution in [0.3, 0.4) is 0 Å². The molecular weight excluding hydrogens is 238 g/mol. The van der Waals surface area contributed by atoms with Gasteiger partial charge in [-0.25, -0.2) is 4.98 Å². The van der Waals surface area contributed by atoms with Crippen LogP contribution in [-0.2, 0) is 6.54 Å². The van der Waals surface area contributed by atoms with E-state index in [1.54, 1.807) is 12.3 Å². The van der Waals surface area contributed by atoms with Crippen LogP contribution in [0.5, 0.6) is 5.75 Å². The van der Waals surface area contributed by atoms with Gasteiger partial charge in [-0.05, 0) is 18.2 Å². The second kappa shape index (κ2) is 4.99. The van der Waals surface area contributed by atoms with Crippen LogP contribution in [0.4, 0.5) is 5.82 Å². The number of para-hydroxylation sites is 1. The van der Waals surface area contributed by atoms with Crippen LogP contribution in [0.25, 0.3) is 0 Å². The standard InChI is InChI=1S/C15H13N3O/c16-10-12-5-6-17-15(9-12)18-7-8-19-14-4-2-1-3-13(14)11-18/h1-6,9H,7-8,11H2. The van der Waals surface area contributed by atoms with Crippen LogP contribution in [0.1, 0.15) is 11.1 Å². The van der Waals surface area contributed by atoms with Crippen LogP contribution in [-0.4, -0.2) is 18.1 Å². The minimum Gasteiger partial charge on any atom is -0.491 e. The SMILES string of the molecule is N#Cc1ccnc(N2CCOc3ccccc3C2)c1. The molecule has 0 unspecified atom stereocenters. The Balaban J connectivity index is 1.92. The first-order valence-corrected chi connectivity index (χ1v) is 6.18. The maximum Gasteiger partial charge on any atom is 0.130 e.